The third-order valence-corrected chi connectivity index (χ3v) is 5.39. The molecular formula is C16H23BrN2O. The molecule has 4 heteroatoms. The molecule has 0 aromatic heterocycles. The van der Waals surface area contributed by atoms with Gasteiger partial charge in [0.2, 0.25) is 0 Å². The maximum absolute atomic E-state index is 5.30. The number of benzene rings is 1. The summed E-state index contributed by atoms with van der Waals surface area (Å²) in [5, 5.41) is 3.84. The van der Waals surface area contributed by atoms with Crippen LogP contribution in [0.15, 0.2) is 22.7 Å². The van der Waals surface area contributed by atoms with Gasteiger partial charge in [-0.1, -0.05) is 6.07 Å². The highest BCUT2D eigenvalue weighted by Gasteiger charge is 2.34. The highest BCUT2D eigenvalue weighted by molar-refractivity contribution is 9.10. The van der Waals surface area contributed by atoms with Crippen LogP contribution in [-0.2, 0) is 0 Å². The third-order valence-electron chi connectivity index (χ3n) is 4.77. The van der Waals surface area contributed by atoms with E-state index in [1.54, 1.807) is 7.11 Å². The summed E-state index contributed by atoms with van der Waals surface area (Å²) < 4.78 is 6.33. The lowest BCUT2D eigenvalue weighted by Crippen LogP contribution is -2.44. The van der Waals surface area contributed by atoms with E-state index >= 15 is 0 Å². The Labute approximate surface area is 129 Å². The number of hydrogen-bond acceptors (Lipinski definition) is 3. The van der Waals surface area contributed by atoms with E-state index in [2.05, 4.69) is 45.2 Å². The summed E-state index contributed by atoms with van der Waals surface area (Å²) in [4.78, 5) is 2.59. The highest BCUT2D eigenvalue weighted by atomic mass is 79.9. The molecule has 1 aromatic carbocycles. The van der Waals surface area contributed by atoms with Crippen molar-refractivity contribution in [1.82, 2.24) is 10.2 Å². The summed E-state index contributed by atoms with van der Waals surface area (Å²) in [7, 11) is 1.70. The largest absolute Gasteiger partial charge is 0.496 e. The maximum atomic E-state index is 5.30. The zero-order valence-electron chi connectivity index (χ0n) is 12.2. The van der Waals surface area contributed by atoms with Gasteiger partial charge in [0.15, 0.2) is 0 Å². The van der Waals surface area contributed by atoms with Crippen LogP contribution in [0.4, 0.5) is 0 Å². The number of halogens is 1. The van der Waals surface area contributed by atoms with E-state index in [9.17, 15) is 0 Å². The Kier molecular flexibility index (Phi) is 4.34. The molecule has 2 bridgehead atoms. The van der Waals surface area contributed by atoms with Crippen molar-refractivity contribution in [3.8, 4) is 5.75 Å². The standard InChI is InChI=1S/C16H23BrN2O/c1-11(12-3-4-16(20-2)14(17)9-12)18-15-6-8-19-7-5-13(15)10-19/h3-4,9,11,13,15,18H,5-8,10H2,1-2H3. The molecule has 110 valence electrons. The molecule has 0 saturated carbocycles. The van der Waals surface area contributed by atoms with Gasteiger partial charge >= 0.3 is 0 Å². The molecule has 3 rings (SSSR count). The summed E-state index contributed by atoms with van der Waals surface area (Å²) in [6, 6.07) is 7.42. The van der Waals surface area contributed by atoms with Gasteiger partial charge in [-0.25, -0.2) is 0 Å². The molecule has 20 heavy (non-hydrogen) atoms. The number of rotatable bonds is 4. The van der Waals surface area contributed by atoms with E-state index in [-0.39, 0.29) is 0 Å². The summed E-state index contributed by atoms with van der Waals surface area (Å²) >= 11 is 3.57. The van der Waals surface area contributed by atoms with Gasteiger partial charge in [-0.3, -0.25) is 0 Å². The van der Waals surface area contributed by atoms with Crippen LogP contribution in [0, 0.1) is 5.92 Å². The number of nitrogens with zero attached hydrogens (tertiary/aromatic N) is 1. The molecule has 0 radical (unpaired) electrons. The van der Waals surface area contributed by atoms with E-state index in [0.717, 1.165) is 16.1 Å². The molecule has 4 atom stereocenters. The van der Waals surface area contributed by atoms with Gasteiger partial charge < -0.3 is 15.0 Å². The van der Waals surface area contributed by atoms with Crippen LogP contribution in [0.2, 0.25) is 0 Å². The monoisotopic (exact) mass is 338 g/mol. The van der Waals surface area contributed by atoms with Crippen LogP contribution < -0.4 is 10.1 Å². The minimum absolute atomic E-state index is 0.384. The van der Waals surface area contributed by atoms with Crippen molar-refractivity contribution in [3.63, 3.8) is 0 Å². The fraction of sp³-hybridized carbons (Fsp3) is 0.625. The van der Waals surface area contributed by atoms with Crippen LogP contribution in [0.25, 0.3) is 0 Å². The molecule has 0 aliphatic carbocycles. The number of methoxy groups -OCH3 is 1. The lowest BCUT2D eigenvalue weighted by molar-refractivity contribution is 0.212. The molecule has 0 amide bonds. The Morgan fingerprint density at radius 2 is 2.15 bits per heavy atom. The van der Waals surface area contributed by atoms with Crippen molar-refractivity contribution < 1.29 is 4.74 Å². The second-order valence-electron chi connectivity index (χ2n) is 6.03. The highest BCUT2D eigenvalue weighted by Crippen LogP contribution is 2.31. The number of piperidine rings is 1. The third kappa shape index (κ3) is 2.87. The Balaban J connectivity index is 1.66. The molecule has 2 heterocycles. The maximum Gasteiger partial charge on any atom is 0.133 e. The smallest absolute Gasteiger partial charge is 0.133 e. The van der Waals surface area contributed by atoms with Crippen molar-refractivity contribution >= 4 is 15.9 Å². The molecule has 2 aliphatic heterocycles. The van der Waals surface area contributed by atoms with E-state index in [1.165, 1.54) is 38.0 Å². The molecule has 1 aromatic rings. The second-order valence-corrected chi connectivity index (χ2v) is 6.88. The Morgan fingerprint density at radius 3 is 2.90 bits per heavy atom. The minimum atomic E-state index is 0.384. The first-order valence-electron chi connectivity index (χ1n) is 7.49. The fourth-order valence-corrected chi connectivity index (χ4v) is 4.10. The Morgan fingerprint density at radius 1 is 1.35 bits per heavy atom. The second kappa shape index (κ2) is 6.04. The molecule has 2 aliphatic rings. The van der Waals surface area contributed by atoms with Crippen LogP contribution in [0.1, 0.15) is 31.4 Å². The average Bonchev–Trinajstić information content (AvgIpc) is 2.84. The predicted octanol–water partition coefficient (Wildman–Crippen LogP) is 3.20. The first-order valence-corrected chi connectivity index (χ1v) is 8.28. The van der Waals surface area contributed by atoms with Crippen molar-refractivity contribution in [3.05, 3.63) is 28.2 Å². The summed E-state index contributed by atoms with van der Waals surface area (Å²) in [5.41, 5.74) is 1.32. The van der Waals surface area contributed by atoms with Crippen LogP contribution in [0.3, 0.4) is 0 Å². The van der Waals surface area contributed by atoms with Crippen molar-refractivity contribution in [2.45, 2.75) is 31.8 Å². The van der Waals surface area contributed by atoms with E-state index in [4.69, 9.17) is 4.74 Å². The SMILES string of the molecule is COc1ccc(C(C)NC2CCN3CCC2C3)cc1Br. The first kappa shape index (κ1) is 14.4. The van der Waals surface area contributed by atoms with E-state index in [0.29, 0.717) is 12.1 Å². The quantitative estimate of drug-likeness (QED) is 0.912. The van der Waals surface area contributed by atoms with Gasteiger partial charge in [0.25, 0.3) is 0 Å². The molecule has 4 unspecified atom stereocenters. The molecule has 2 fully saturated rings. The molecule has 2 saturated heterocycles. The Bertz CT molecular complexity index is 480. The van der Waals surface area contributed by atoms with Crippen LogP contribution in [-0.4, -0.2) is 37.7 Å². The zero-order chi connectivity index (χ0) is 14.1. The summed E-state index contributed by atoms with van der Waals surface area (Å²) in [6.07, 6.45) is 2.64. The number of ether oxygens (including phenoxy) is 1. The van der Waals surface area contributed by atoms with E-state index in [1.807, 2.05) is 6.07 Å². The predicted molar refractivity (Wildman–Crippen MR) is 85.2 cm³/mol. The fourth-order valence-electron chi connectivity index (χ4n) is 3.54. The molecular weight excluding hydrogens is 316 g/mol. The molecule has 1 N–H and O–H groups in total. The molecule has 0 spiro atoms. The number of fused-ring (bicyclic) bond motifs is 2. The number of nitrogens with one attached hydrogen (secondary N) is 1. The van der Waals surface area contributed by atoms with Crippen molar-refractivity contribution in [2.75, 3.05) is 26.7 Å². The summed E-state index contributed by atoms with van der Waals surface area (Å²) in [6.45, 7) is 6.10. The van der Waals surface area contributed by atoms with Crippen molar-refractivity contribution in [1.29, 1.82) is 0 Å². The molecule has 3 nitrogen and oxygen atoms in total. The van der Waals surface area contributed by atoms with Crippen LogP contribution >= 0.6 is 15.9 Å². The normalized spacial score (nSPS) is 30.2. The van der Waals surface area contributed by atoms with Crippen molar-refractivity contribution in [2.24, 2.45) is 5.92 Å². The average molecular weight is 339 g/mol. The summed E-state index contributed by atoms with van der Waals surface area (Å²) in [5.74, 6) is 1.73. The topological polar surface area (TPSA) is 24.5 Å². The lowest BCUT2D eigenvalue weighted by atomic mass is 9.93. The minimum Gasteiger partial charge on any atom is -0.496 e. The van der Waals surface area contributed by atoms with E-state index < -0.39 is 0 Å². The lowest BCUT2D eigenvalue weighted by Gasteiger charge is -2.33. The Hall–Kier alpha value is -0.580. The first-order chi connectivity index (χ1) is 9.67. The van der Waals surface area contributed by atoms with Gasteiger partial charge in [0.05, 0.1) is 11.6 Å². The van der Waals surface area contributed by atoms with Gasteiger partial charge in [-0.15, -0.1) is 0 Å². The van der Waals surface area contributed by atoms with Gasteiger partial charge in [0, 0.05) is 18.6 Å². The zero-order valence-corrected chi connectivity index (χ0v) is 13.8. The van der Waals surface area contributed by atoms with Crippen LogP contribution in [0.5, 0.6) is 5.75 Å². The van der Waals surface area contributed by atoms with Gasteiger partial charge in [-0.2, -0.15) is 0 Å². The number of hydrogen-bond donors (Lipinski definition) is 1. The van der Waals surface area contributed by atoms with Gasteiger partial charge in [0.1, 0.15) is 5.75 Å². The van der Waals surface area contributed by atoms with Gasteiger partial charge in [-0.05, 0) is 72.4 Å².